The van der Waals surface area contributed by atoms with Crippen molar-refractivity contribution < 1.29 is 9.53 Å². The number of fused-ring (bicyclic) bond motifs is 3. The van der Waals surface area contributed by atoms with Crippen LogP contribution in [0.3, 0.4) is 0 Å². The van der Waals surface area contributed by atoms with Crippen LogP contribution in [0.1, 0.15) is 42.5 Å². The summed E-state index contributed by atoms with van der Waals surface area (Å²) >= 11 is 1.63. The molecule has 7 heteroatoms. The van der Waals surface area contributed by atoms with E-state index in [9.17, 15) is 4.79 Å². The highest BCUT2D eigenvalue weighted by Gasteiger charge is 2.27. The second-order valence-corrected chi connectivity index (χ2v) is 10.4. The molecule has 2 aromatic heterocycles. The highest BCUT2D eigenvalue weighted by atomic mass is 32.1. The molecule has 3 heterocycles. The zero-order valence-corrected chi connectivity index (χ0v) is 20.4. The molecule has 6 rings (SSSR count). The average Bonchev–Trinajstić information content (AvgIpc) is 3.47. The maximum absolute atomic E-state index is 13.3. The maximum atomic E-state index is 13.3. The topological polar surface area (TPSA) is 50.1 Å². The third-order valence-corrected chi connectivity index (χ3v) is 8.44. The molecular formula is C27H30N4O2S. The summed E-state index contributed by atoms with van der Waals surface area (Å²) in [6, 6.07) is 14.8. The number of benzene rings is 2. The van der Waals surface area contributed by atoms with Gasteiger partial charge in [0.15, 0.2) is 4.96 Å². The first-order valence-corrected chi connectivity index (χ1v) is 13.1. The summed E-state index contributed by atoms with van der Waals surface area (Å²) in [6.07, 6.45) is 8.82. The van der Waals surface area contributed by atoms with Gasteiger partial charge < -0.3 is 9.64 Å². The molecule has 0 unspecified atom stereocenters. The van der Waals surface area contributed by atoms with Gasteiger partial charge in [-0.3, -0.25) is 14.1 Å². The number of piperazine rings is 1. The molecule has 176 valence electrons. The number of rotatable bonds is 4. The lowest BCUT2D eigenvalue weighted by Gasteiger charge is -2.40. The van der Waals surface area contributed by atoms with Crippen LogP contribution in [0, 0.1) is 0 Å². The van der Waals surface area contributed by atoms with E-state index in [-0.39, 0.29) is 5.91 Å². The first-order valence-electron chi connectivity index (χ1n) is 12.3. The molecule has 0 N–H and O–H groups in total. The van der Waals surface area contributed by atoms with Crippen molar-refractivity contribution in [3.8, 4) is 17.0 Å². The molecule has 0 atom stereocenters. The average molecular weight is 475 g/mol. The fraction of sp³-hybridized carbons (Fsp3) is 0.407. The fourth-order valence-electron chi connectivity index (χ4n) is 5.45. The first kappa shape index (κ1) is 21.6. The molecule has 1 amide bonds. The number of carbonyl (C=O) groups is 1. The summed E-state index contributed by atoms with van der Waals surface area (Å²) in [6.45, 7) is 3.65. The van der Waals surface area contributed by atoms with Crippen molar-refractivity contribution >= 4 is 32.4 Å². The third kappa shape index (κ3) is 3.97. The Labute approximate surface area is 203 Å². The minimum absolute atomic E-state index is 0.148. The van der Waals surface area contributed by atoms with E-state index in [1.807, 2.05) is 41.3 Å². The number of nitrogens with zero attached hydrogens (tertiary/aromatic N) is 4. The van der Waals surface area contributed by atoms with Gasteiger partial charge in [0.25, 0.3) is 5.91 Å². The van der Waals surface area contributed by atoms with Crippen molar-refractivity contribution in [2.45, 2.75) is 38.1 Å². The van der Waals surface area contributed by atoms with Gasteiger partial charge in [0.1, 0.15) is 5.75 Å². The molecule has 4 aromatic rings. The van der Waals surface area contributed by atoms with Crippen LogP contribution in [0.4, 0.5) is 0 Å². The summed E-state index contributed by atoms with van der Waals surface area (Å²) in [5.74, 6) is 0.984. The fourth-order valence-corrected chi connectivity index (χ4v) is 6.50. The lowest BCUT2D eigenvalue weighted by molar-refractivity contribution is 0.0523. The van der Waals surface area contributed by atoms with Crippen molar-refractivity contribution in [3.63, 3.8) is 0 Å². The number of hydrogen-bond donors (Lipinski definition) is 0. The largest absolute Gasteiger partial charge is 0.497 e. The second kappa shape index (κ2) is 9.04. The second-order valence-electron chi connectivity index (χ2n) is 9.41. The van der Waals surface area contributed by atoms with Gasteiger partial charge in [0, 0.05) is 49.5 Å². The van der Waals surface area contributed by atoms with Crippen molar-refractivity contribution in [1.29, 1.82) is 0 Å². The van der Waals surface area contributed by atoms with E-state index >= 15 is 0 Å². The predicted octanol–water partition coefficient (Wildman–Crippen LogP) is 5.32. The number of imidazole rings is 1. The summed E-state index contributed by atoms with van der Waals surface area (Å²) in [5.41, 5.74) is 3.86. The molecule has 2 fully saturated rings. The Morgan fingerprint density at radius 1 is 1.00 bits per heavy atom. The standard InChI is InChI=1S/C27H30N4O2S/c1-33-22-10-7-19(8-11-22)23-18-31-24-12-9-20(17-25(24)34-27(31)28-23)26(32)30-15-13-29(14-16-30)21-5-3-2-4-6-21/h7-12,17-18,21H,2-6,13-16H2,1H3. The summed E-state index contributed by atoms with van der Waals surface area (Å²) < 4.78 is 8.47. The van der Waals surface area contributed by atoms with Crippen LogP contribution in [-0.4, -0.2) is 64.4 Å². The molecule has 0 radical (unpaired) electrons. The van der Waals surface area contributed by atoms with Gasteiger partial charge in [0.05, 0.1) is 23.0 Å². The van der Waals surface area contributed by atoms with Crippen LogP contribution in [0.2, 0.25) is 0 Å². The van der Waals surface area contributed by atoms with E-state index < -0.39 is 0 Å². The lowest BCUT2D eigenvalue weighted by Crippen LogP contribution is -2.52. The van der Waals surface area contributed by atoms with E-state index in [4.69, 9.17) is 9.72 Å². The summed E-state index contributed by atoms with van der Waals surface area (Å²) in [4.78, 5) is 23.7. The molecule has 1 saturated heterocycles. The molecule has 2 aliphatic rings. The van der Waals surface area contributed by atoms with E-state index in [0.29, 0.717) is 0 Å². The monoisotopic (exact) mass is 474 g/mol. The number of aromatic nitrogens is 2. The molecular weight excluding hydrogens is 444 g/mol. The van der Waals surface area contributed by atoms with Crippen LogP contribution >= 0.6 is 11.3 Å². The Hall–Kier alpha value is -2.90. The Kier molecular flexibility index (Phi) is 5.75. The molecule has 1 aliphatic heterocycles. The van der Waals surface area contributed by atoms with Gasteiger partial charge in [-0.1, -0.05) is 30.6 Å². The quantitative estimate of drug-likeness (QED) is 0.402. The normalized spacial score (nSPS) is 18.1. The van der Waals surface area contributed by atoms with Crippen molar-refractivity contribution in [2.75, 3.05) is 33.3 Å². The predicted molar refractivity (Wildman–Crippen MR) is 137 cm³/mol. The van der Waals surface area contributed by atoms with Crippen molar-refractivity contribution in [1.82, 2.24) is 19.2 Å². The van der Waals surface area contributed by atoms with Gasteiger partial charge >= 0.3 is 0 Å². The highest BCUT2D eigenvalue weighted by Crippen LogP contribution is 2.31. The molecule has 2 aromatic carbocycles. The van der Waals surface area contributed by atoms with Gasteiger partial charge in [-0.15, -0.1) is 0 Å². The smallest absolute Gasteiger partial charge is 0.253 e. The highest BCUT2D eigenvalue weighted by molar-refractivity contribution is 7.23. The van der Waals surface area contributed by atoms with E-state index in [1.54, 1.807) is 18.4 Å². The summed E-state index contributed by atoms with van der Waals surface area (Å²) in [5, 5.41) is 0. The van der Waals surface area contributed by atoms with Crippen LogP contribution in [0.5, 0.6) is 5.75 Å². The Bertz CT molecular complexity index is 1310. The van der Waals surface area contributed by atoms with Gasteiger partial charge in [-0.2, -0.15) is 0 Å². The SMILES string of the molecule is COc1ccc(-c2cn3c(n2)sc2cc(C(=O)N4CCN(C5CCCCC5)CC4)ccc23)cc1. The van der Waals surface area contributed by atoms with E-state index in [2.05, 4.69) is 21.6 Å². The Morgan fingerprint density at radius 2 is 1.76 bits per heavy atom. The van der Waals surface area contributed by atoms with Gasteiger partial charge in [-0.05, 0) is 55.3 Å². The minimum atomic E-state index is 0.148. The maximum Gasteiger partial charge on any atom is 0.253 e. The lowest BCUT2D eigenvalue weighted by atomic mass is 9.94. The zero-order chi connectivity index (χ0) is 23.1. The zero-order valence-electron chi connectivity index (χ0n) is 19.6. The van der Waals surface area contributed by atoms with Gasteiger partial charge in [0.2, 0.25) is 0 Å². The van der Waals surface area contributed by atoms with Gasteiger partial charge in [-0.25, -0.2) is 4.98 Å². The number of methoxy groups -OCH3 is 1. The number of thiazole rings is 1. The molecule has 0 bridgehead atoms. The molecule has 34 heavy (non-hydrogen) atoms. The number of amides is 1. The van der Waals surface area contributed by atoms with Crippen LogP contribution in [0.15, 0.2) is 48.7 Å². The third-order valence-electron chi connectivity index (χ3n) is 7.42. The van der Waals surface area contributed by atoms with Crippen LogP contribution < -0.4 is 4.74 Å². The molecule has 1 saturated carbocycles. The number of hydrogen-bond acceptors (Lipinski definition) is 5. The van der Waals surface area contributed by atoms with Crippen molar-refractivity contribution in [3.05, 3.63) is 54.2 Å². The number of carbonyl (C=O) groups excluding carboxylic acids is 1. The van der Waals surface area contributed by atoms with Crippen LogP contribution in [0.25, 0.3) is 26.4 Å². The van der Waals surface area contributed by atoms with Crippen molar-refractivity contribution in [2.24, 2.45) is 0 Å². The molecule has 6 nitrogen and oxygen atoms in total. The Balaban J connectivity index is 1.18. The van der Waals surface area contributed by atoms with E-state index in [0.717, 1.165) is 70.0 Å². The summed E-state index contributed by atoms with van der Waals surface area (Å²) in [7, 11) is 1.67. The molecule has 0 spiro atoms. The first-order chi connectivity index (χ1) is 16.7. The van der Waals surface area contributed by atoms with E-state index in [1.165, 1.54) is 32.1 Å². The minimum Gasteiger partial charge on any atom is -0.497 e. The molecule has 1 aliphatic carbocycles. The van der Waals surface area contributed by atoms with Crippen LogP contribution in [-0.2, 0) is 0 Å². The number of ether oxygens (including phenoxy) is 1. The Morgan fingerprint density at radius 3 is 2.50 bits per heavy atom.